The normalized spacial score (nSPS) is 26.5. The molecule has 3 rings (SSSR count). The van der Waals surface area contributed by atoms with Crippen LogP contribution in [0.5, 0.6) is 0 Å². The second-order valence-corrected chi connectivity index (χ2v) is 7.48. The zero-order chi connectivity index (χ0) is 15.0. The maximum atomic E-state index is 12.6. The first-order valence-electron chi connectivity index (χ1n) is 6.97. The van der Waals surface area contributed by atoms with Gasteiger partial charge in [0.2, 0.25) is 10.0 Å². The standard InChI is InChI=1S/C13H17N3O4S/c17-16(18)12-3-5-13(6-4-12)21(19,20)15-8-7-10-1-2-11(9-15)14-10/h3-6,10-11,14H,1-2,7-9H2. The number of sulfonamides is 1. The Labute approximate surface area is 123 Å². The van der Waals surface area contributed by atoms with Crippen molar-refractivity contribution in [3.63, 3.8) is 0 Å². The average Bonchev–Trinajstić information content (AvgIpc) is 2.77. The Bertz CT molecular complexity index is 644. The molecule has 0 amide bonds. The van der Waals surface area contributed by atoms with Crippen LogP contribution in [-0.2, 0) is 10.0 Å². The molecule has 2 saturated heterocycles. The van der Waals surface area contributed by atoms with Gasteiger partial charge in [-0.05, 0) is 31.4 Å². The van der Waals surface area contributed by atoms with Gasteiger partial charge >= 0.3 is 0 Å². The number of benzene rings is 1. The van der Waals surface area contributed by atoms with Gasteiger partial charge in [0.1, 0.15) is 0 Å². The van der Waals surface area contributed by atoms with Crippen LogP contribution in [0.2, 0.25) is 0 Å². The number of hydrogen-bond donors (Lipinski definition) is 1. The fourth-order valence-corrected chi connectivity index (χ4v) is 4.52. The van der Waals surface area contributed by atoms with Crippen molar-refractivity contribution >= 4 is 15.7 Å². The molecular formula is C13H17N3O4S. The molecule has 2 fully saturated rings. The minimum absolute atomic E-state index is 0.106. The van der Waals surface area contributed by atoms with E-state index in [1.54, 1.807) is 0 Å². The molecule has 114 valence electrons. The lowest BCUT2D eigenvalue weighted by Crippen LogP contribution is -2.39. The number of nitro benzene ring substituents is 1. The van der Waals surface area contributed by atoms with Crippen molar-refractivity contribution < 1.29 is 13.3 Å². The molecule has 21 heavy (non-hydrogen) atoms. The molecule has 2 aliphatic heterocycles. The van der Waals surface area contributed by atoms with Gasteiger partial charge in [-0.1, -0.05) is 0 Å². The third kappa shape index (κ3) is 2.78. The van der Waals surface area contributed by atoms with Crippen LogP contribution in [-0.4, -0.2) is 42.8 Å². The number of hydrogen-bond acceptors (Lipinski definition) is 5. The molecular weight excluding hydrogens is 294 g/mol. The zero-order valence-corrected chi connectivity index (χ0v) is 12.3. The summed E-state index contributed by atoms with van der Waals surface area (Å²) in [5, 5.41) is 14.1. The molecule has 0 radical (unpaired) electrons. The van der Waals surface area contributed by atoms with E-state index in [0.717, 1.165) is 19.3 Å². The van der Waals surface area contributed by atoms with E-state index in [0.29, 0.717) is 19.1 Å². The fraction of sp³-hybridized carbons (Fsp3) is 0.538. The van der Waals surface area contributed by atoms with E-state index in [1.807, 2.05) is 0 Å². The number of rotatable bonds is 3. The Balaban J connectivity index is 1.84. The van der Waals surface area contributed by atoms with Crippen molar-refractivity contribution in [1.29, 1.82) is 0 Å². The summed E-state index contributed by atoms with van der Waals surface area (Å²) in [5.74, 6) is 0. The number of nitro groups is 1. The molecule has 2 bridgehead atoms. The Morgan fingerprint density at radius 3 is 2.48 bits per heavy atom. The molecule has 7 nitrogen and oxygen atoms in total. The van der Waals surface area contributed by atoms with Crippen LogP contribution in [0.25, 0.3) is 0 Å². The van der Waals surface area contributed by atoms with E-state index in [9.17, 15) is 18.5 Å². The summed E-state index contributed by atoms with van der Waals surface area (Å²) >= 11 is 0. The fourth-order valence-electron chi connectivity index (χ4n) is 3.02. The largest absolute Gasteiger partial charge is 0.310 e. The molecule has 1 aromatic carbocycles. The summed E-state index contributed by atoms with van der Waals surface area (Å²) in [5.41, 5.74) is -0.106. The van der Waals surface area contributed by atoms with E-state index in [-0.39, 0.29) is 16.6 Å². The quantitative estimate of drug-likeness (QED) is 0.667. The molecule has 2 atom stereocenters. The summed E-state index contributed by atoms with van der Waals surface area (Å²) < 4.78 is 26.7. The van der Waals surface area contributed by atoms with E-state index in [2.05, 4.69) is 5.32 Å². The van der Waals surface area contributed by atoms with Crippen LogP contribution >= 0.6 is 0 Å². The first kappa shape index (κ1) is 14.4. The second kappa shape index (κ2) is 5.36. The van der Waals surface area contributed by atoms with Crippen molar-refractivity contribution in [2.24, 2.45) is 0 Å². The van der Waals surface area contributed by atoms with Gasteiger partial charge in [-0.2, -0.15) is 4.31 Å². The van der Waals surface area contributed by atoms with Crippen molar-refractivity contribution in [2.75, 3.05) is 13.1 Å². The smallest absolute Gasteiger partial charge is 0.269 e. The molecule has 0 saturated carbocycles. The highest BCUT2D eigenvalue weighted by Gasteiger charge is 2.34. The van der Waals surface area contributed by atoms with Crippen LogP contribution in [0.3, 0.4) is 0 Å². The molecule has 1 aromatic rings. The predicted molar refractivity (Wildman–Crippen MR) is 76.4 cm³/mol. The Hall–Kier alpha value is -1.51. The van der Waals surface area contributed by atoms with Crippen molar-refractivity contribution in [1.82, 2.24) is 9.62 Å². The van der Waals surface area contributed by atoms with Gasteiger partial charge in [0.15, 0.2) is 0 Å². The summed E-state index contributed by atoms with van der Waals surface area (Å²) in [7, 11) is -3.58. The van der Waals surface area contributed by atoms with Crippen molar-refractivity contribution in [3.8, 4) is 0 Å². The van der Waals surface area contributed by atoms with Gasteiger partial charge in [0, 0.05) is 37.3 Å². The highest BCUT2D eigenvalue weighted by atomic mass is 32.2. The lowest BCUT2D eigenvalue weighted by molar-refractivity contribution is -0.384. The second-order valence-electron chi connectivity index (χ2n) is 5.54. The first-order chi connectivity index (χ1) is 9.96. The first-order valence-corrected chi connectivity index (χ1v) is 8.41. The molecule has 8 heteroatoms. The van der Waals surface area contributed by atoms with E-state index in [1.165, 1.54) is 28.6 Å². The molecule has 0 spiro atoms. The number of fused-ring (bicyclic) bond motifs is 2. The third-order valence-electron chi connectivity index (χ3n) is 4.17. The molecule has 0 aromatic heterocycles. The van der Waals surface area contributed by atoms with Crippen LogP contribution in [0, 0.1) is 10.1 Å². The summed E-state index contributed by atoms with van der Waals surface area (Å²) in [6.45, 7) is 0.962. The summed E-state index contributed by atoms with van der Waals surface area (Å²) in [6, 6.07) is 5.70. The minimum Gasteiger partial charge on any atom is -0.310 e. The number of nitrogens with one attached hydrogen (secondary N) is 1. The third-order valence-corrected chi connectivity index (χ3v) is 6.05. The van der Waals surface area contributed by atoms with E-state index >= 15 is 0 Å². The zero-order valence-electron chi connectivity index (χ0n) is 11.4. The van der Waals surface area contributed by atoms with Gasteiger partial charge in [-0.15, -0.1) is 0 Å². The maximum Gasteiger partial charge on any atom is 0.269 e. The Morgan fingerprint density at radius 1 is 1.14 bits per heavy atom. The molecule has 2 heterocycles. The van der Waals surface area contributed by atoms with Crippen LogP contribution in [0.15, 0.2) is 29.2 Å². The molecule has 2 aliphatic rings. The number of non-ortho nitro benzene ring substituents is 1. The predicted octanol–water partition coefficient (Wildman–Crippen LogP) is 1.11. The number of nitrogens with zero attached hydrogens (tertiary/aromatic N) is 2. The molecule has 1 N–H and O–H groups in total. The van der Waals surface area contributed by atoms with Crippen LogP contribution in [0.4, 0.5) is 5.69 Å². The van der Waals surface area contributed by atoms with Gasteiger partial charge in [0.05, 0.1) is 9.82 Å². The van der Waals surface area contributed by atoms with Gasteiger partial charge in [-0.25, -0.2) is 8.42 Å². The highest BCUT2D eigenvalue weighted by Crippen LogP contribution is 2.25. The SMILES string of the molecule is O=[N+]([O-])c1ccc(S(=O)(=O)N2CCC3CCC(C2)N3)cc1. The minimum atomic E-state index is -3.58. The summed E-state index contributed by atoms with van der Waals surface area (Å²) in [6.07, 6.45) is 2.91. The van der Waals surface area contributed by atoms with Gasteiger partial charge < -0.3 is 5.32 Å². The monoisotopic (exact) mass is 311 g/mol. The lowest BCUT2D eigenvalue weighted by atomic mass is 10.1. The van der Waals surface area contributed by atoms with Gasteiger partial charge in [-0.3, -0.25) is 10.1 Å². The van der Waals surface area contributed by atoms with Gasteiger partial charge in [0.25, 0.3) is 5.69 Å². The average molecular weight is 311 g/mol. The van der Waals surface area contributed by atoms with Crippen molar-refractivity contribution in [3.05, 3.63) is 34.4 Å². The van der Waals surface area contributed by atoms with E-state index < -0.39 is 14.9 Å². The topological polar surface area (TPSA) is 92.5 Å². The van der Waals surface area contributed by atoms with Crippen LogP contribution < -0.4 is 5.32 Å². The van der Waals surface area contributed by atoms with Crippen molar-refractivity contribution in [2.45, 2.75) is 36.2 Å². The highest BCUT2D eigenvalue weighted by molar-refractivity contribution is 7.89. The molecule has 0 aliphatic carbocycles. The van der Waals surface area contributed by atoms with E-state index in [4.69, 9.17) is 0 Å². The summed E-state index contributed by atoms with van der Waals surface area (Å²) in [4.78, 5) is 10.2. The Kier molecular flexibility index (Phi) is 3.68. The maximum absolute atomic E-state index is 12.6. The molecule has 2 unspecified atom stereocenters. The van der Waals surface area contributed by atoms with Crippen LogP contribution in [0.1, 0.15) is 19.3 Å². The Morgan fingerprint density at radius 2 is 1.81 bits per heavy atom. The lowest BCUT2D eigenvalue weighted by Gasteiger charge is -2.23.